The number of carbonyl (C=O) groups is 1. The van der Waals surface area contributed by atoms with Crippen molar-refractivity contribution in [2.24, 2.45) is 0 Å². The summed E-state index contributed by atoms with van der Waals surface area (Å²) in [6.07, 6.45) is 3.09. The van der Waals surface area contributed by atoms with Crippen LogP contribution >= 0.6 is 0 Å². The van der Waals surface area contributed by atoms with E-state index in [4.69, 9.17) is 4.74 Å². The van der Waals surface area contributed by atoms with Gasteiger partial charge in [0, 0.05) is 6.54 Å². The van der Waals surface area contributed by atoms with Crippen LogP contribution in [0.5, 0.6) is 5.75 Å². The number of rotatable bonds is 6. The second-order valence-electron chi connectivity index (χ2n) is 5.62. The van der Waals surface area contributed by atoms with E-state index in [2.05, 4.69) is 18.3 Å². The maximum absolute atomic E-state index is 12.5. The van der Waals surface area contributed by atoms with Crippen molar-refractivity contribution in [2.45, 2.75) is 52.2 Å². The van der Waals surface area contributed by atoms with Crippen molar-refractivity contribution in [3.05, 3.63) is 29.3 Å². The van der Waals surface area contributed by atoms with E-state index in [1.54, 1.807) is 7.11 Å². The maximum atomic E-state index is 12.5. The molecule has 0 spiro atoms. The Balaban J connectivity index is 2.21. The van der Waals surface area contributed by atoms with Gasteiger partial charge in [-0.1, -0.05) is 25.8 Å². The van der Waals surface area contributed by atoms with Crippen LogP contribution in [0.1, 0.15) is 50.4 Å². The van der Waals surface area contributed by atoms with E-state index in [1.807, 2.05) is 30.9 Å². The molecule has 4 heteroatoms. The third kappa shape index (κ3) is 3.21. The van der Waals surface area contributed by atoms with Crippen LogP contribution in [0.4, 0.5) is 0 Å². The number of methoxy groups -OCH3 is 1. The lowest BCUT2D eigenvalue weighted by atomic mass is 10.1. The summed E-state index contributed by atoms with van der Waals surface area (Å²) in [7, 11) is 1.68. The fourth-order valence-electron chi connectivity index (χ4n) is 2.98. The zero-order valence-electron chi connectivity index (χ0n) is 13.5. The van der Waals surface area contributed by atoms with Crippen LogP contribution in [0.15, 0.2) is 18.2 Å². The van der Waals surface area contributed by atoms with E-state index in [0.717, 1.165) is 42.7 Å². The molecule has 1 aliphatic heterocycles. The van der Waals surface area contributed by atoms with Crippen LogP contribution in [0.2, 0.25) is 0 Å². The molecule has 21 heavy (non-hydrogen) atoms. The van der Waals surface area contributed by atoms with Crippen LogP contribution in [-0.4, -0.2) is 30.5 Å². The van der Waals surface area contributed by atoms with Gasteiger partial charge in [-0.15, -0.1) is 0 Å². The van der Waals surface area contributed by atoms with Gasteiger partial charge in [0.2, 0.25) is 5.91 Å². The van der Waals surface area contributed by atoms with Gasteiger partial charge >= 0.3 is 0 Å². The molecule has 4 nitrogen and oxygen atoms in total. The lowest BCUT2D eigenvalue weighted by Crippen LogP contribution is -2.30. The zero-order chi connectivity index (χ0) is 15.4. The number of nitrogens with zero attached hydrogens (tertiary/aromatic N) is 1. The van der Waals surface area contributed by atoms with E-state index in [0.29, 0.717) is 0 Å². The first-order valence-corrected chi connectivity index (χ1v) is 7.83. The number of likely N-dealkylation sites (N-methyl/N-ethyl adjacent to an activating group) is 1. The van der Waals surface area contributed by atoms with Gasteiger partial charge in [-0.05, 0) is 43.5 Å². The molecule has 1 aromatic rings. The number of carbonyl (C=O) groups excluding carboxylic acids is 1. The minimum atomic E-state index is -0.0442. The number of amides is 1. The van der Waals surface area contributed by atoms with E-state index in [1.165, 1.54) is 0 Å². The van der Waals surface area contributed by atoms with Crippen LogP contribution in [-0.2, 0) is 4.79 Å². The second-order valence-corrected chi connectivity index (χ2v) is 5.62. The highest BCUT2D eigenvalue weighted by Crippen LogP contribution is 2.29. The maximum Gasteiger partial charge on any atom is 0.241 e. The SMILES string of the molecule is CCCCC1NC(c2ccc(OC)c(C)c2)N(CC)C1=O. The molecule has 1 fully saturated rings. The molecule has 0 saturated carbocycles. The predicted molar refractivity (Wildman–Crippen MR) is 84.3 cm³/mol. The molecule has 2 unspecified atom stereocenters. The average molecular weight is 290 g/mol. The van der Waals surface area contributed by atoms with E-state index >= 15 is 0 Å². The first-order valence-electron chi connectivity index (χ1n) is 7.83. The van der Waals surface area contributed by atoms with Crippen LogP contribution in [0, 0.1) is 6.92 Å². The second kappa shape index (κ2) is 6.94. The van der Waals surface area contributed by atoms with Crippen molar-refractivity contribution < 1.29 is 9.53 Å². The molecule has 2 atom stereocenters. The molecule has 1 aromatic carbocycles. The summed E-state index contributed by atoms with van der Waals surface area (Å²) in [5.41, 5.74) is 2.22. The quantitative estimate of drug-likeness (QED) is 0.875. The smallest absolute Gasteiger partial charge is 0.241 e. The molecule has 0 aromatic heterocycles. The number of unbranched alkanes of at least 4 members (excludes halogenated alkanes) is 1. The molecular weight excluding hydrogens is 264 g/mol. The Hall–Kier alpha value is -1.55. The third-order valence-corrected chi connectivity index (χ3v) is 4.17. The Morgan fingerprint density at radius 2 is 2.10 bits per heavy atom. The number of benzene rings is 1. The van der Waals surface area contributed by atoms with Crippen LogP contribution in [0.3, 0.4) is 0 Å². The number of aryl methyl sites for hydroxylation is 1. The summed E-state index contributed by atoms with van der Waals surface area (Å²) in [6, 6.07) is 6.08. The third-order valence-electron chi connectivity index (χ3n) is 4.17. The fourth-order valence-corrected chi connectivity index (χ4v) is 2.98. The van der Waals surface area contributed by atoms with Crippen molar-refractivity contribution >= 4 is 5.91 Å². The molecule has 1 aliphatic rings. The highest BCUT2D eigenvalue weighted by molar-refractivity contribution is 5.84. The van der Waals surface area contributed by atoms with Gasteiger partial charge in [0.15, 0.2) is 0 Å². The van der Waals surface area contributed by atoms with Crippen molar-refractivity contribution in [2.75, 3.05) is 13.7 Å². The molecular formula is C17H26N2O2. The predicted octanol–water partition coefficient (Wildman–Crippen LogP) is 3.01. The normalized spacial score (nSPS) is 21.9. The number of ether oxygens (including phenoxy) is 1. The van der Waals surface area contributed by atoms with E-state index in [-0.39, 0.29) is 18.1 Å². The van der Waals surface area contributed by atoms with Gasteiger partial charge in [0.05, 0.1) is 13.2 Å². The molecule has 1 saturated heterocycles. The Bertz CT molecular complexity index is 502. The minimum Gasteiger partial charge on any atom is -0.496 e. The van der Waals surface area contributed by atoms with E-state index in [9.17, 15) is 4.79 Å². The summed E-state index contributed by atoms with van der Waals surface area (Å²) >= 11 is 0. The molecule has 1 heterocycles. The molecule has 1 amide bonds. The number of hydrogen-bond donors (Lipinski definition) is 1. The highest BCUT2D eigenvalue weighted by Gasteiger charge is 2.38. The topological polar surface area (TPSA) is 41.6 Å². The van der Waals surface area contributed by atoms with Crippen molar-refractivity contribution in [1.29, 1.82) is 0 Å². The Kier molecular flexibility index (Phi) is 5.23. The number of hydrogen-bond acceptors (Lipinski definition) is 3. The Labute approximate surface area is 127 Å². The first-order chi connectivity index (χ1) is 10.1. The van der Waals surface area contributed by atoms with Crippen molar-refractivity contribution in [3.63, 3.8) is 0 Å². The molecule has 0 bridgehead atoms. The number of nitrogens with one attached hydrogen (secondary N) is 1. The van der Waals surface area contributed by atoms with Gasteiger partial charge in [-0.2, -0.15) is 0 Å². The minimum absolute atomic E-state index is 0.0195. The Morgan fingerprint density at radius 3 is 2.67 bits per heavy atom. The van der Waals surface area contributed by atoms with Gasteiger partial charge in [0.25, 0.3) is 0 Å². The van der Waals surface area contributed by atoms with Crippen LogP contribution in [0.25, 0.3) is 0 Å². The van der Waals surface area contributed by atoms with Crippen molar-refractivity contribution in [3.8, 4) is 5.75 Å². The summed E-state index contributed by atoms with van der Waals surface area (Å²) in [5, 5.41) is 3.49. The molecule has 116 valence electrons. The molecule has 1 N–H and O–H groups in total. The lowest BCUT2D eigenvalue weighted by molar-refractivity contribution is -0.130. The van der Waals surface area contributed by atoms with Gasteiger partial charge in [-0.3, -0.25) is 10.1 Å². The Morgan fingerprint density at radius 1 is 1.33 bits per heavy atom. The molecule has 0 radical (unpaired) electrons. The molecule has 0 aliphatic carbocycles. The summed E-state index contributed by atoms with van der Waals surface area (Å²) in [6.45, 7) is 6.95. The van der Waals surface area contributed by atoms with Gasteiger partial charge in [-0.25, -0.2) is 0 Å². The monoisotopic (exact) mass is 290 g/mol. The summed E-state index contributed by atoms with van der Waals surface area (Å²) < 4.78 is 5.31. The summed E-state index contributed by atoms with van der Waals surface area (Å²) in [5.74, 6) is 1.11. The largest absolute Gasteiger partial charge is 0.496 e. The zero-order valence-corrected chi connectivity index (χ0v) is 13.5. The van der Waals surface area contributed by atoms with Crippen molar-refractivity contribution in [1.82, 2.24) is 10.2 Å². The average Bonchev–Trinajstić information content (AvgIpc) is 2.81. The van der Waals surface area contributed by atoms with Crippen LogP contribution < -0.4 is 10.1 Å². The standard InChI is InChI=1S/C17H26N2O2/c1-5-7-8-14-17(20)19(6-2)16(18-14)13-9-10-15(21-4)12(3)11-13/h9-11,14,16,18H,5-8H2,1-4H3. The first kappa shape index (κ1) is 15.8. The lowest BCUT2D eigenvalue weighted by Gasteiger charge is -2.23. The molecule has 2 rings (SSSR count). The highest BCUT2D eigenvalue weighted by atomic mass is 16.5. The van der Waals surface area contributed by atoms with Gasteiger partial charge in [0.1, 0.15) is 11.9 Å². The van der Waals surface area contributed by atoms with Gasteiger partial charge < -0.3 is 9.64 Å². The fraction of sp³-hybridized carbons (Fsp3) is 0.588. The van der Waals surface area contributed by atoms with E-state index < -0.39 is 0 Å². The summed E-state index contributed by atoms with van der Waals surface area (Å²) in [4.78, 5) is 14.4.